The first-order chi connectivity index (χ1) is 14.4. The van der Waals surface area contributed by atoms with Crippen LogP contribution in [-0.4, -0.2) is 28.0 Å². The zero-order valence-corrected chi connectivity index (χ0v) is 17.7. The summed E-state index contributed by atoms with van der Waals surface area (Å²) in [6, 6.07) is 14.7. The SMILES string of the molecule is COc1ccc(S(=O)(=O)Nc2ccc(C(=O)NCCCc3ccco3)cc2C)cc1. The van der Waals surface area contributed by atoms with Gasteiger partial charge in [0, 0.05) is 18.5 Å². The zero-order chi connectivity index (χ0) is 21.6. The predicted molar refractivity (Wildman–Crippen MR) is 114 cm³/mol. The summed E-state index contributed by atoms with van der Waals surface area (Å²) in [6.45, 7) is 2.27. The van der Waals surface area contributed by atoms with Crippen LogP contribution in [0.2, 0.25) is 0 Å². The van der Waals surface area contributed by atoms with Crippen LogP contribution in [0.25, 0.3) is 0 Å². The third kappa shape index (κ3) is 5.42. The first kappa shape index (κ1) is 21.4. The largest absolute Gasteiger partial charge is 0.497 e. The Bertz CT molecular complexity index is 1090. The fraction of sp³-hybridized carbons (Fsp3) is 0.227. The van der Waals surface area contributed by atoms with Crippen molar-refractivity contribution in [3.05, 3.63) is 77.7 Å². The van der Waals surface area contributed by atoms with Crippen LogP contribution in [0.5, 0.6) is 5.75 Å². The van der Waals surface area contributed by atoms with Gasteiger partial charge in [-0.2, -0.15) is 0 Å². The Morgan fingerprint density at radius 1 is 1.10 bits per heavy atom. The van der Waals surface area contributed by atoms with E-state index >= 15 is 0 Å². The molecule has 0 saturated heterocycles. The van der Waals surface area contributed by atoms with Gasteiger partial charge < -0.3 is 14.5 Å². The van der Waals surface area contributed by atoms with Crippen molar-refractivity contribution >= 4 is 21.6 Å². The molecule has 0 saturated carbocycles. The molecule has 0 radical (unpaired) electrons. The molecule has 0 aliphatic carbocycles. The number of hydrogen-bond acceptors (Lipinski definition) is 5. The maximum Gasteiger partial charge on any atom is 0.261 e. The monoisotopic (exact) mass is 428 g/mol. The van der Waals surface area contributed by atoms with E-state index in [2.05, 4.69) is 10.0 Å². The van der Waals surface area contributed by atoms with E-state index in [1.54, 1.807) is 43.5 Å². The molecule has 8 heteroatoms. The lowest BCUT2D eigenvalue weighted by atomic mass is 10.1. The normalized spacial score (nSPS) is 11.1. The van der Waals surface area contributed by atoms with Crippen LogP contribution in [0.15, 0.2) is 70.2 Å². The van der Waals surface area contributed by atoms with Crippen LogP contribution in [0.1, 0.15) is 28.1 Å². The van der Waals surface area contributed by atoms with Crippen molar-refractivity contribution in [2.75, 3.05) is 18.4 Å². The summed E-state index contributed by atoms with van der Waals surface area (Å²) >= 11 is 0. The number of amides is 1. The van der Waals surface area contributed by atoms with E-state index in [1.165, 1.54) is 19.2 Å². The molecule has 1 amide bonds. The van der Waals surface area contributed by atoms with Crippen molar-refractivity contribution in [2.45, 2.75) is 24.7 Å². The average molecular weight is 429 g/mol. The predicted octanol–water partition coefficient (Wildman–Crippen LogP) is 3.76. The first-order valence-electron chi connectivity index (χ1n) is 9.47. The van der Waals surface area contributed by atoms with Crippen LogP contribution in [-0.2, 0) is 16.4 Å². The molecule has 0 atom stereocenters. The lowest BCUT2D eigenvalue weighted by Gasteiger charge is -2.12. The third-order valence-electron chi connectivity index (χ3n) is 4.57. The van der Waals surface area contributed by atoms with Crippen molar-refractivity contribution < 1.29 is 22.4 Å². The molecule has 2 N–H and O–H groups in total. The van der Waals surface area contributed by atoms with E-state index in [1.807, 2.05) is 12.1 Å². The average Bonchev–Trinajstić information content (AvgIpc) is 3.26. The van der Waals surface area contributed by atoms with Gasteiger partial charge in [-0.1, -0.05) is 0 Å². The minimum Gasteiger partial charge on any atom is -0.497 e. The number of ether oxygens (including phenoxy) is 1. The maximum atomic E-state index is 12.6. The number of carbonyl (C=O) groups excluding carboxylic acids is 1. The topological polar surface area (TPSA) is 97.6 Å². The van der Waals surface area contributed by atoms with E-state index < -0.39 is 10.0 Å². The molecule has 1 aromatic heterocycles. The van der Waals surface area contributed by atoms with Crippen molar-refractivity contribution in [1.82, 2.24) is 5.32 Å². The summed E-state index contributed by atoms with van der Waals surface area (Å²) in [6.07, 6.45) is 3.14. The fourth-order valence-electron chi connectivity index (χ4n) is 2.90. The number of nitrogens with one attached hydrogen (secondary N) is 2. The Labute approximate surface area is 176 Å². The highest BCUT2D eigenvalue weighted by Gasteiger charge is 2.16. The molecular weight excluding hydrogens is 404 g/mol. The number of benzene rings is 2. The minimum absolute atomic E-state index is 0.126. The van der Waals surface area contributed by atoms with Gasteiger partial charge in [-0.15, -0.1) is 0 Å². The van der Waals surface area contributed by atoms with Gasteiger partial charge >= 0.3 is 0 Å². The summed E-state index contributed by atoms with van der Waals surface area (Å²) in [4.78, 5) is 12.5. The molecule has 0 aliphatic rings. The Kier molecular flexibility index (Phi) is 6.79. The highest BCUT2D eigenvalue weighted by atomic mass is 32.2. The van der Waals surface area contributed by atoms with Gasteiger partial charge in [-0.3, -0.25) is 9.52 Å². The summed E-state index contributed by atoms with van der Waals surface area (Å²) in [5, 5.41) is 2.86. The lowest BCUT2D eigenvalue weighted by molar-refractivity contribution is 0.0953. The Morgan fingerprint density at radius 3 is 2.50 bits per heavy atom. The molecule has 3 aromatic rings. The Balaban J connectivity index is 1.60. The Hall–Kier alpha value is -3.26. The van der Waals surface area contributed by atoms with Crippen molar-refractivity contribution in [3.8, 4) is 5.75 Å². The molecule has 3 rings (SSSR count). The summed E-state index contributed by atoms with van der Waals surface area (Å²) in [5.74, 6) is 1.25. The van der Waals surface area contributed by atoms with Crippen molar-refractivity contribution in [1.29, 1.82) is 0 Å². The van der Waals surface area contributed by atoms with Gasteiger partial charge in [-0.05, 0) is 73.5 Å². The molecule has 0 bridgehead atoms. The van der Waals surface area contributed by atoms with E-state index in [0.29, 0.717) is 29.1 Å². The van der Waals surface area contributed by atoms with E-state index in [9.17, 15) is 13.2 Å². The number of furan rings is 1. The quantitative estimate of drug-likeness (QED) is 0.506. The van der Waals surface area contributed by atoms with Gasteiger partial charge in [-0.25, -0.2) is 8.42 Å². The molecule has 158 valence electrons. The summed E-state index contributed by atoms with van der Waals surface area (Å²) in [5.41, 5.74) is 1.54. The molecule has 0 unspecified atom stereocenters. The van der Waals surface area contributed by atoms with Crippen LogP contribution in [0, 0.1) is 6.92 Å². The number of sulfonamides is 1. The van der Waals surface area contributed by atoms with Crippen LogP contribution >= 0.6 is 0 Å². The highest BCUT2D eigenvalue weighted by molar-refractivity contribution is 7.92. The molecule has 7 nitrogen and oxygen atoms in total. The molecule has 0 spiro atoms. The van der Waals surface area contributed by atoms with Crippen LogP contribution in [0.4, 0.5) is 5.69 Å². The smallest absolute Gasteiger partial charge is 0.261 e. The fourth-order valence-corrected chi connectivity index (χ4v) is 4.03. The number of aryl methyl sites for hydroxylation is 2. The maximum absolute atomic E-state index is 12.6. The number of carbonyl (C=O) groups is 1. The molecule has 1 heterocycles. The number of anilines is 1. The standard InChI is InChI=1S/C22H24N2O5S/c1-16-15-17(22(25)23-13-3-5-19-6-4-14-29-19)7-12-21(16)24-30(26,27)20-10-8-18(28-2)9-11-20/h4,6-12,14-15,24H,3,5,13H2,1-2H3,(H,23,25). The van der Waals surface area contributed by atoms with E-state index in [4.69, 9.17) is 9.15 Å². The van der Waals surface area contributed by atoms with Gasteiger partial charge in [0.25, 0.3) is 15.9 Å². The first-order valence-corrected chi connectivity index (χ1v) is 11.0. The summed E-state index contributed by atoms with van der Waals surface area (Å²) in [7, 11) is -2.23. The Morgan fingerprint density at radius 2 is 1.87 bits per heavy atom. The second kappa shape index (κ2) is 9.49. The number of rotatable bonds is 9. The second-order valence-corrected chi connectivity index (χ2v) is 8.43. The molecule has 0 fully saturated rings. The van der Waals surface area contributed by atoms with Gasteiger partial charge in [0.1, 0.15) is 11.5 Å². The minimum atomic E-state index is -3.75. The molecular formula is C22H24N2O5S. The van der Waals surface area contributed by atoms with Crippen LogP contribution in [0.3, 0.4) is 0 Å². The van der Waals surface area contributed by atoms with Crippen LogP contribution < -0.4 is 14.8 Å². The van der Waals surface area contributed by atoms with Gasteiger partial charge in [0.2, 0.25) is 0 Å². The van der Waals surface area contributed by atoms with Gasteiger partial charge in [0.05, 0.1) is 24.0 Å². The number of methoxy groups -OCH3 is 1. The molecule has 2 aromatic carbocycles. The van der Waals surface area contributed by atoms with E-state index in [-0.39, 0.29) is 10.8 Å². The second-order valence-electron chi connectivity index (χ2n) is 6.75. The van der Waals surface area contributed by atoms with Crippen molar-refractivity contribution in [3.63, 3.8) is 0 Å². The third-order valence-corrected chi connectivity index (χ3v) is 5.95. The van der Waals surface area contributed by atoms with E-state index in [0.717, 1.165) is 18.6 Å². The zero-order valence-electron chi connectivity index (χ0n) is 16.8. The van der Waals surface area contributed by atoms with Crippen molar-refractivity contribution in [2.24, 2.45) is 0 Å². The number of hydrogen-bond donors (Lipinski definition) is 2. The summed E-state index contributed by atoms with van der Waals surface area (Å²) < 4.78 is 38.1. The molecule has 30 heavy (non-hydrogen) atoms. The van der Waals surface area contributed by atoms with Gasteiger partial charge in [0.15, 0.2) is 0 Å². The highest BCUT2D eigenvalue weighted by Crippen LogP contribution is 2.22. The lowest BCUT2D eigenvalue weighted by Crippen LogP contribution is -2.25. The molecule has 0 aliphatic heterocycles.